The number of anilines is 1. The Balaban J connectivity index is 1.74. The van der Waals surface area contributed by atoms with Crippen molar-refractivity contribution < 1.29 is 14.2 Å². The van der Waals surface area contributed by atoms with Crippen LogP contribution in [0.3, 0.4) is 0 Å². The van der Waals surface area contributed by atoms with Gasteiger partial charge in [0.2, 0.25) is 0 Å². The highest BCUT2D eigenvalue weighted by Crippen LogP contribution is 2.38. The molecule has 0 aromatic heterocycles. The van der Waals surface area contributed by atoms with Gasteiger partial charge in [-0.25, -0.2) is 0 Å². The van der Waals surface area contributed by atoms with Gasteiger partial charge in [-0.2, -0.15) is 0 Å². The Hall–Kier alpha value is -1.88. The lowest BCUT2D eigenvalue weighted by molar-refractivity contribution is 0.170. The van der Waals surface area contributed by atoms with Crippen LogP contribution >= 0.6 is 15.9 Å². The number of ether oxygens (including phenoxy) is 3. The summed E-state index contributed by atoms with van der Waals surface area (Å²) in [4.78, 5) is 0. The molecule has 0 atom stereocenters. The molecule has 1 aliphatic heterocycles. The van der Waals surface area contributed by atoms with Crippen LogP contribution in [0, 0.1) is 0 Å². The van der Waals surface area contributed by atoms with Crippen LogP contribution in [0.25, 0.3) is 0 Å². The third-order valence-electron chi connectivity index (χ3n) is 3.22. The Bertz CT molecular complexity index is 645. The third-order valence-corrected chi connectivity index (χ3v) is 3.81. The third kappa shape index (κ3) is 3.24. The van der Waals surface area contributed by atoms with Crippen molar-refractivity contribution in [2.24, 2.45) is 0 Å². The van der Waals surface area contributed by atoms with E-state index < -0.39 is 0 Å². The van der Waals surface area contributed by atoms with Gasteiger partial charge in [-0.3, -0.25) is 0 Å². The Labute approximate surface area is 132 Å². The lowest BCUT2D eigenvalue weighted by Gasteiger charge is -2.20. The first-order chi connectivity index (χ1) is 10.3. The van der Waals surface area contributed by atoms with Crippen LogP contribution in [-0.4, -0.2) is 20.3 Å². The molecule has 1 heterocycles. The topological polar surface area (TPSA) is 39.7 Å². The zero-order valence-electron chi connectivity index (χ0n) is 11.7. The molecule has 3 rings (SSSR count). The van der Waals surface area contributed by atoms with E-state index >= 15 is 0 Å². The second-order valence-corrected chi connectivity index (χ2v) is 5.54. The summed E-state index contributed by atoms with van der Waals surface area (Å²) in [7, 11) is 1.66. The van der Waals surface area contributed by atoms with E-state index in [0.717, 1.165) is 33.0 Å². The van der Waals surface area contributed by atoms with Gasteiger partial charge in [0.25, 0.3) is 0 Å². The van der Waals surface area contributed by atoms with Gasteiger partial charge >= 0.3 is 0 Å². The van der Waals surface area contributed by atoms with E-state index in [1.807, 2.05) is 36.4 Å². The molecule has 4 nitrogen and oxygen atoms in total. The molecule has 0 saturated carbocycles. The van der Waals surface area contributed by atoms with Gasteiger partial charge in [-0.15, -0.1) is 0 Å². The second-order valence-electron chi connectivity index (χ2n) is 4.69. The number of fused-ring (bicyclic) bond motifs is 1. The summed E-state index contributed by atoms with van der Waals surface area (Å²) in [6.07, 6.45) is 0. The highest BCUT2D eigenvalue weighted by molar-refractivity contribution is 9.10. The van der Waals surface area contributed by atoms with Crippen molar-refractivity contribution in [3.63, 3.8) is 0 Å². The van der Waals surface area contributed by atoms with Crippen molar-refractivity contribution >= 4 is 21.6 Å². The average molecular weight is 350 g/mol. The SMILES string of the molecule is COc1cccc(NCc2cc(Br)c3c(c2)OCCO3)c1. The Kier molecular flexibility index (Phi) is 4.20. The number of nitrogens with one attached hydrogen (secondary N) is 1. The minimum Gasteiger partial charge on any atom is -0.497 e. The maximum atomic E-state index is 5.63. The van der Waals surface area contributed by atoms with Crippen molar-refractivity contribution in [3.05, 3.63) is 46.4 Å². The van der Waals surface area contributed by atoms with E-state index in [1.165, 1.54) is 0 Å². The van der Waals surface area contributed by atoms with Gasteiger partial charge in [-0.05, 0) is 45.8 Å². The zero-order valence-corrected chi connectivity index (χ0v) is 13.3. The van der Waals surface area contributed by atoms with Crippen LogP contribution in [0.5, 0.6) is 17.2 Å². The van der Waals surface area contributed by atoms with Gasteiger partial charge in [-0.1, -0.05) is 6.07 Å². The highest BCUT2D eigenvalue weighted by Gasteiger charge is 2.16. The number of halogens is 1. The van der Waals surface area contributed by atoms with Crippen LogP contribution in [-0.2, 0) is 6.54 Å². The van der Waals surface area contributed by atoms with Crippen LogP contribution in [0.4, 0.5) is 5.69 Å². The van der Waals surface area contributed by atoms with Crippen molar-refractivity contribution in [3.8, 4) is 17.2 Å². The molecule has 0 amide bonds. The molecule has 0 saturated heterocycles. The monoisotopic (exact) mass is 349 g/mol. The van der Waals surface area contributed by atoms with Gasteiger partial charge in [0.1, 0.15) is 19.0 Å². The van der Waals surface area contributed by atoms with Crippen LogP contribution < -0.4 is 19.5 Å². The molecule has 0 bridgehead atoms. The molecule has 2 aromatic rings. The fraction of sp³-hybridized carbons (Fsp3) is 0.250. The van der Waals surface area contributed by atoms with E-state index in [-0.39, 0.29) is 0 Å². The van der Waals surface area contributed by atoms with E-state index in [1.54, 1.807) is 7.11 Å². The Morgan fingerprint density at radius 3 is 2.90 bits per heavy atom. The fourth-order valence-corrected chi connectivity index (χ4v) is 2.81. The fourth-order valence-electron chi connectivity index (χ4n) is 2.20. The molecule has 0 fully saturated rings. The van der Waals surface area contributed by atoms with Gasteiger partial charge in [0.15, 0.2) is 11.5 Å². The zero-order chi connectivity index (χ0) is 14.7. The van der Waals surface area contributed by atoms with Crippen molar-refractivity contribution in [1.82, 2.24) is 0 Å². The molecule has 2 aromatic carbocycles. The minimum atomic E-state index is 0.589. The summed E-state index contributed by atoms with van der Waals surface area (Å²) < 4.78 is 17.4. The molecule has 5 heteroatoms. The normalized spacial score (nSPS) is 12.9. The number of rotatable bonds is 4. The van der Waals surface area contributed by atoms with Crippen molar-refractivity contribution in [2.45, 2.75) is 6.54 Å². The molecule has 21 heavy (non-hydrogen) atoms. The highest BCUT2D eigenvalue weighted by atomic mass is 79.9. The molecule has 0 spiro atoms. The molecule has 0 unspecified atom stereocenters. The standard InChI is InChI=1S/C16H16BrNO3/c1-19-13-4-2-3-12(9-13)18-10-11-7-14(17)16-15(8-11)20-5-6-21-16/h2-4,7-9,18H,5-6,10H2,1H3. The molecule has 110 valence electrons. The summed E-state index contributed by atoms with van der Waals surface area (Å²) in [6.45, 7) is 1.88. The lowest BCUT2D eigenvalue weighted by Crippen LogP contribution is -2.16. The Morgan fingerprint density at radius 2 is 2.05 bits per heavy atom. The summed E-state index contributed by atoms with van der Waals surface area (Å²) in [6, 6.07) is 11.9. The first-order valence-electron chi connectivity index (χ1n) is 6.72. The Morgan fingerprint density at radius 1 is 1.19 bits per heavy atom. The average Bonchev–Trinajstić information content (AvgIpc) is 2.53. The minimum absolute atomic E-state index is 0.589. The maximum Gasteiger partial charge on any atom is 0.175 e. The molecule has 0 radical (unpaired) electrons. The molecule has 0 aliphatic carbocycles. The first-order valence-corrected chi connectivity index (χ1v) is 7.51. The van der Waals surface area contributed by atoms with E-state index in [2.05, 4.69) is 21.2 Å². The molecule has 1 aliphatic rings. The summed E-state index contributed by atoms with van der Waals surface area (Å²) in [5.74, 6) is 2.41. The van der Waals surface area contributed by atoms with Gasteiger partial charge < -0.3 is 19.5 Å². The van der Waals surface area contributed by atoms with Crippen LogP contribution in [0.2, 0.25) is 0 Å². The summed E-state index contributed by atoms with van der Waals surface area (Å²) in [5, 5.41) is 3.37. The van der Waals surface area contributed by atoms with E-state index in [4.69, 9.17) is 14.2 Å². The lowest BCUT2D eigenvalue weighted by atomic mass is 10.2. The van der Waals surface area contributed by atoms with Crippen LogP contribution in [0.15, 0.2) is 40.9 Å². The van der Waals surface area contributed by atoms with E-state index in [9.17, 15) is 0 Å². The predicted octanol–water partition coefficient (Wildman–Crippen LogP) is 3.84. The summed E-state index contributed by atoms with van der Waals surface area (Å²) >= 11 is 3.53. The first kappa shape index (κ1) is 14.1. The number of methoxy groups -OCH3 is 1. The maximum absolute atomic E-state index is 5.63. The van der Waals surface area contributed by atoms with Gasteiger partial charge in [0, 0.05) is 18.3 Å². The smallest absolute Gasteiger partial charge is 0.175 e. The van der Waals surface area contributed by atoms with Crippen molar-refractivity contribution in [2.75, 3.05) is 25.6 Å². The second kappa shape index (κ2) is 6.26. The van der Waals surface area contributed by atoms with Gasteiger partial charge in [0.05, 0.1) is 11.6 Å². The van der Waals surface area contributed by atoms with E-state index in [0.29, 0.717) is 19.8 Å². The number of hydrogen-bond acceptors (Lipinski definition) is 4. The van der Waals surface area contributed by atoms with Crippen molar-refractivity contribution in [1.29, 1.82) is 0 Å². The molecular weight excluding hydrogens is 334 g/mol. The predicted molar refractivity (Wildman–Crippen MR) is 85.5 cm³/mol. The van der Waals surface area contributed by atoms with Crippen LogP contribution in [0.1, 0.15) is 5.56 Å². The number of benzene rings is 2. The molecular formula is C16H16BrNO3. The largest absolute Gasteiger partial charge is 0.497 e. The quantitative estimate of drug-likeness (QED) is 0.910. The number of hydrogen-bond donors (Lipinski definition) is 1. The summed E-state index contributed by atoms with van der Waals surface area (Å²) in [5.41, 5.74) is 2.13. The molecule has 1 N–H and O–H groups in total.